The highest BCUT2D eigenvalue weighted by molar-refractivity contribution is 7.14. The van der Waals surface area contributed by atoms with Gasteiger partial charge in [-0.3, -0.25) is 14.6 Å². The molecule has 232 valence electrons. The molecule has 2 amide bonds. The largest absolute Gasteiger partial charge is 0.376 e. The summed E-state index contributed by atoms with van der Waals surface area (Å²) in [5.41, 5.74) is 1.88. The van der Waals surface area contributed by atoms with Gasteiger partial charge < -0.3 is 24.7 Å². The fourth-order valence-corrected chi connectivity index (χ4v) is 5.05. The molecule has 0 spiro atoms. The van der Waals surface area contributed by atoms with Crippen LogP contribution in [0.1, 0.15) is 76.9 Å². The standard InChI is InChI=1S/C21H20N6O3S.C11H24O/c1-13-4-3-5-16(23-13)17-9-31-20(25-17)26-18(28)14(2)24-19(29)15-6-7-27(8-15)21(10-22)11-30-12-21;1-6-9(3)8-11(5)12-10(4)7-2/h3-9,14H,11-12H2,1-2H3,(H,24,29)(H,25,26,28);9-11H,6-8H2,1-5H3. The van der Waals surface area contributed by atoms with Gasteiger partial charge in [-0.25, -0.2) is 4.98 Å². The molecule has 1 fully saturated rings. The van der Waals surface area contributed by atoms with Gasteiger partial charge in [0, 0.05) is 23.5 Å². The van der Waals surface area contributed by atoms with Crippen LogP contribution in [0, 0.1) is 24.2 Å². The van der Waals surface area contributed by atoms with Gasteiger partial charge in [-0.1, -0.05) is 33.3 Å². The van der Waals surface area contributed by atoms with E-state index in [2.05, 4.69) is 61.3 Å². The van der Waals surface area contributed by atoms with Crippen LogP contribution in [0.3, 0.4) is 0 Å². The lowest BCUT2D eigenvalue weighted by atomic mass is 10.00. The molecule has 4 rings (SSSR count). The highest BCUT2D eigenvalue weighted by Crippen LogP contribution is 2.26. The van der Waals surface area contributed by atoms with Crippen molar-refractivity contribution in [2.24, 2.45) is 5.92 Å². The topological polar surface area (TPSA) is 131 Å². The van der Waals surface area contributed by atoms with Crippen molar-refractivity contribution in [1.82, 2.24) is 19.9 Å². The maximum atomic E-state index is 12.5. The fraction of sp³-hybridized carbons (Fsp3) is 0.531. The van der Waals surface area contributed by atoms with Crippen molar-refractivity contribution >= 4 is 28.3 Å². The first kappa shape index (κ1) is 33.9. The van der Waals surface area contributed by atoms with Crippen LogP contribution >= 0.6 is 11.3 Å². The van der Waals surface area contributed by atoms with E-state index < -0.39 is 17.5 Å². The first-order chi connectivity index (χ1) is 20.5. The molecule has 10 nitrogen and oxygen atoms in total. The summed E-state index contributed by atoms with van der Waals surface area (Å²) in [6.45, 7) is 15.1. The van der Waals surface area contributed by atoms with Crippen molar-refractivity contribution in [2.45, 2.75) is 91.5 Å². The number of amides is 2. The maximum absolute atomic E-state index is 12.5. The maximum Gasteiger partial charge on any atom is 0.253 e. The third-order valence-electron chi connectivity index (χ3n) is 7.44. The number of rotatable bonds is 12. The Bertz CT molecular complexity index is 1380. The van der Waals surface area contributed by atoms with E-state index in [-0.39, 0.29) is 19.1 Å². The third-order valence-corrected chi connectivity index (χ3v) is 8.19. The van der Waals surface area contributed by atoms with E-state index in [4.69, 9.17) is 9.47 Å². The quantitative estimate of drug-likeness (QED) is 0.260. The molecule has 4 heterocycles. The first-order valence-corrected chi connectivity index (χ1v) is 15.7. The van der Waals surface area contributed by atoms with Crippen LogP contribution in [0.25, 0.3) is 11.4 Å². The van der Waals surface area contributed by atoms with E-state index in [1.807, 2.05) is 30.5 Å². The first-order valence-electron chi connectivity index (χ1n) is 14.8. The molecule has 2 N–H and O–H groups in total. The Morgan fingerprint density at radius 3 is 2.47 bits per heavy atom. The molecule has 3 aromatic heterocycles. The molecular weight excluding hydrogens is 564 g/mol. The van der Waals surface area contributed by atoms with Gasteiger partial charge in [-0.2, -0.15) is 5.26 Å². The smallest absolute Gasteiger partial charge is 0.253 e. The van der Waals surface area contributed by atoms with Crippen molar-refractivity contribution in [2.75, 3.05) is 18.5 Å². The number of hydrogen-bond donors (Lipinski definition) is 2. The van der Waals surface area contributed by atoms with Crippen LogP contribution in [-0.4, -0.2) is 57.8 Å². The molecule has 1 aliphatic heterocycles. The van der Waals surface area contributed by atoms with E-state index in [1.54, 1.807) is 30.0 Å². The van der Waals surface area contributed by atoms with Gasteiger partial charge in [0.15, 0.2) is 10.7 Å². The molecule has 11 heteroatoms. The second kappa shape index (κ2) is 15.8. The zero-order chi connectivity index (χ0) is 31.6. The number of pyridine rings is 1. The molecule has 3 aromatic rings. The van der Waals surface area contributed by atoms with Crippen molar-refractivity contribution in [3.63, 3.8) is 0 Å². The minimum absolute atomic E-state index is 0.284. The molecule has 0 saturated carbocycles. The number of carbonyl (C=O) groups is 2. The Morgan fingerprint density at radius 2 is 1.86 bits per heavy atom. The summed E-state index contributed by atoms with van der Waals surface area (Å²) in [7, 11) is 0. The number of nitrogens with one attached hydrogen (secondary N) is 2. The summed E-state index contributed by atoms with van der Waals surface area (Å²) in [6.07, 6.45) is 7.67. The highest BCUT2D eigenvalue weighted by atomic mass is 32.1. The molecule has 43 heavy (non-hydrogen) atoms. The third kappa shape index (κ3) is 9.45. The summed E-state index contributed by atoms with van der Waals surface area (Å²) >= 11 is 1.29. The minimum Gasteiger partial charge on any atom is -0.376 e. The van der Waals surface area contributed by atoms with Crippen molar-refractivity contribution in [1.29, 1.82) is 5.26 Å². The summed E-state index contributed by atoms with van der Waals surface area (Å²) in [5, 5.41) is 17.0. The summed E-state index contributed by atoms with van der Waals surface area (Å²) < 4.78 is 12.6. The minimum atomic E-state index is -0.780. The second-order valence-electron chi connectivity index (χ2n) is 11.2. The zero-order valence-electron chi connectivity index (χ0n) is 26.2. The lowest BCUT2D eigenvalue weighted by Gasteiger charge is -2.36. The molecule has 1 saturated heterocycles. The van der Waals surface area contributed by atoms with Crippen LogP contribution in [0.4, 0.5) is 5.13 Å². The van der Waals surface area contributed by atoms with Gasteiger partial charge in [0.1, 0.15) is 11.7 Å². The Labute approximate surface area is 258 Å². The van der Waals surface area contributed by atoms with Crippen molar-refractivity contribution in [3.8, 4) is 17.5 Å². The molecule has 0 bridgehead atoms. The lowest BCUT2D eigenvalue weighted by molar-refractivity contribution is -0.117. The van der Waals surface area contributed by atoms with Gasteiger partial charge in [-0.05, 0) is 64.7 Å². The normalized spacial score (nSPS) is 16.3. The van der Waals surface area contributed by atoms with Gasteiger partial charge in [0.25, 0.3) is 5.91 Å². The van der Waals surface area contributed by atoms with E-state index in [9.17, 15) is 14.9 Å². The number of aryl methyl sites for hydroxylation is 1. The van der Waals surface area contributed by atoms with Gasteiger partial charge in [0.05, 0.1) is 42.7 Å². The van der Waals surface area contributed by atoms with Crippen LogP contribution in [0.2, 0.25) is 0 Å². The number of nitriles is 1. The highest BCUT2D eigenvalue weighted by Gasteiger charge is 2.40. The average molecular weight is 609 g/mol. The van der Waals surface area contributed by atoms with Gasteiger partial charge in [0.2, 0.25) is 5.91 Å². The Hall–Kier alpha value is -3.59. The Morgan fingerprint density at radius 1 is 1.12 bits per heavy atom. The molecule has 0 aliphatic carbocycles. The summed E-state index contributed by atoms with van der Waals surface area (Å²) in [4.78, 5) is 33.9. The van der Waals surface area contributed by atoms with E-state index in [1.165, 1.54) is 24.2 Å². The SMILES string of the molecule is CCC(C)CC(C)OC(C)CC.Cc1cccc(-c2csc(NC(=O)C(C)NC(=O)c3ccn(C4(C#N)COC4)c3)n2)n1. The molecule has 1 aliphatic rings. The lowest BCUT2D eigenvalue weighted by Crippen LogP contribution is -2.50. The van der Waals surface area contributed by atoms with Crippen molar-refractivity contribution < 1.29 is 19.1 Å². The second-order valence-corrected chi connectivity index (χ2v) is 12.1. The molecule has 0 radical (unpaired) electrons. The van der Waals surface area contributed by atoms with E-state index in [0.29, 0.717) is 28.6 Å². The number of carbonyl (C=O) groups excluding carboxylic acids is 2. The number of nitrogens with zero attached hydrogens (tertiary/aromatic N) is 4. The number of anilines is 1. The van der Waals surface area contributed by atoms with Crippen LogP contribution in [0.5, 0.6) is 0 Å². The summed E-state index contributed by atoms with van der Waals surface area (Å²) in [6, 6.07) is 8.70. The predicted molar refractivity (Wildman–Crippen MR) is 169 cm³/mol. The molecule has 4 atom stereocenters. The number of ether oxygens (including phenoxy) is 2. The Kier molecular flexibility index (Phi) is 12.4. The number of aromatic nitrogens is 3. The molecular formula is C32H44N6O4S. The molecule has 0 aromatic carbocycles. The molecule has 4 unspecified atom stereocenters. The fourth-order valence-electron chi connectivity index (χ4n) is 4.34. The van der Waals surface area contributed by atoms with E-state index >= 15 is 0 Å². The predicted octanol–water partition coefficient (Wildman–Crippen LogP) is 5.95. The average Bonchev–Trinajstić information content (AvgIpc) is 3.64. The monoisotopic (exact) mass is 608 g/mol. The summed E-state index contributed by atoms with van der Waals surface area (Å²) in [5.74, 6) is 0.00866. The Balaban J connectivity index is 0.000000359. The number of hydrogen-bond acceptors (Lipinski definition) is 8. The number of thiazole rings is 1. The van der Waals surface area contributed by atoms with Gasteiger partial charge >= 0.3 is 0 Å². The van der Waals surface area contributed by atoms with Crippen LogP contribution in [-0.2, 0) is 19.8 Å². The van der Waals surface area contributed by atoms with Crippen molar-refractivity contribution in [3.05, 3.63) is 53.3 Å². The van der Waals surface area contributed by atoms with E-state index in [0.717, 1.165) is 23.7 Å². The van der Waals surface area contributed by atoms with Gasteiger partial charge in [-0.15, -0.1) is 11.3 Å². The zero-order valence-corrected chi connectivity index (χ0v) is 27.0. The van der Waals surface area contributed by atoms with Crippen LogP contribution in [0.15, 0.2) is 42.0 Å². The van der Waals surface area contributed by atoms with Crippen LogP contribution < -0.4 is 10.6 Å².